The van der Waals surface area contributed by atoms with Crippen LogP contribution in [0.2, 0.25) is 0 Å². The van der Waals surface area contributed by atoms with Crippen molar-refractivity contribution in [2.24, 2.45) is 12.5 Å². The number of fused-ring (bicyclic) bond motifs is 2. The third-order valence-corrected chi connectivity index (χ3v) is 8.14. The van der Waals surface area contributed by atoms with Gasteiger partial charge in [-0.25, -0.2) is 8.78 Å². The Kier molecular flexibility index (Phi) is 6.86. The Balaban J connectivity index is 1.48. The molecular weight excluding hydrogens is 548 g/mol. The van der Waals surface area contributed by atoms with Gasteiger partial charge in [-0.2, -0.15) is 10.5 Å². The zero-order valence-corrected chi connectivity index (χ0v) is 24.5. The van der Waals surface area contributed by atoms with Gasteiger partial charge in [-0.3, -0.25) is 9.99 Å². The summed E-state index contributed by atoms with van der Waals surface area (Å²) >= 11 is 0. The molecule has 0 spiro atoms. The third-order valence-electron chi connectivity index (χ3n) is 8.14. The largest absolute Gasteiger partial charge is 0.383 e. The van der Waals surface area contributed by atoms with Crippen molar-refractivity contribution in [3.63, 3.8) is 0 Å². The lowest BCUT2D eigenvalue weighted by Gasteiger charge is -2.25. The number of nitrogens with zero attached hydrogens (tertiary/aromatic N) is 5. The van der Waals surface area contributed by atoms with Crippen LogP contribution < -0.4 is 21.6 Å². The first-order chi connectivity index (χ1) is 20.5. The summed E-state index contributed by atoms with van der Waals surface area (Å²) in [6.07, 6.45) is 3.46. The highest BCUT2D eigenvalue weighted by Crippen LogP contribution is 2.47. The molecule has 1 aliphatic heterocycles. The van der Waals surface area contributed by atoms with Crippen molar-refractivity contribution >= 4 is 33.2 Å². The maximum absolute atomic E-state index is 14.0. The predicted octanol–water partition coefficient (Wildman–Crippen LogP) is 6.04. The number of nitriles is 2. The molecule has 3 heterocycles. The van der Waals surface area contributed by atoms with Crippen LogP contribution in [0.25, 0.3) is 21.8 Å². The summed E-state index contributed by atoms with van der Waals surface area (Å²) in [7, 11) is 1.97. The first kappa shape index (κ1) is 28.3. The van der Waals surface area contributed by atoms with E-state index < -0.39 is 18.0 Å². The van der Waals surface area contributed by atoms with Crippen LogP contribution in [-0.2, 0) is 7.05 Å². The van der Waals surface area contributed by atoms with Gasteiger partial charge in [-0.05, 0) is 48.1 Å². The Bertz CT molecular complexity index is 1830. The van der Waals surface area contributed by atoms with Crippen LogP contribution in [-0.4, -0.2) is 33.1 Å². The average Bonchev–Trinajstić information content (AvgIpc) is 3.50. The third kappa shape index (κ3) is 5.06. The van der Waals surface area contributed by atoms with Crippen LogP contribution in [0.15, 0.2) is 60.7 Å². The summed E-state index contributed by atoms with van der Waals surface area (Å²) in [6, 6.07) is 15.6. The number of benzene rings is 2. The van der Waals surface area contributed by atoms with Gasteiger partial charge in [0.2, 0.25) is 0 Å². The molecule has 220 valence electrons. The zero-order chi connectivity index (χ0) is 30.5. The molecule has 9 nitrogen and oxygen atoms in total. The number of alkyl halides is 2. The quantitative estimate of drug-likeness (QED) is 0.199. The lowest BCUT2D eigenvalue weighted by atomic mass is 9.96. The van der Waals surface area contributed by atoms with E-state index in [2.05, 4.69) is 59.5 Å². The normalized spacial score (nSPS) is 16.5. The molecule has 1 fully saturated rings. The van der Waals surface area contributed by atoms with Gasteiger partial charge in [0.05, 0.1) is 34.1 Å². The summed E-state index contributed by atoms with van der Waals surface area (Å²) < 4.78 is 30.0. The number of nitrogens with one attached hydrogen (secondary N) is 4. The molecule has 4 N–H and O–H groups in total. The smallest absolute Gasteiger partial charge is 0.262 e. The maximum atomic E-state index is 14.0. The number of rotatable bonds is 8. The van der Waals surface area contributed by atoms with Gasteiger partial charge in [0.15, 0.2) is 0 Å². The van der Waals surface area contributed by atoms with Crippen molar-refractivity contribution in [2.75, 3.05) is 17.2 Å². The van der Waals surface area contributed by atoms with Crippen molar-refractivity contribution in [2.45, 2.75) is 51.6 Å². The van der Waals surface area contributed by atoms with Crippen LogP contribution >= 0.6 is 0 Å². The van der Waals surface area contributed by atoms with E-state index in [0.29, 0.717) is 58.5 Å². The number of aryl methyl sites for hydroxylation is 1. The summed E-state index contributed by atoms with van der Waals surface area (Å²) in [6.45, 7) is 6.88. The van der Waals surface area contributed by atoms with E-state index in [1.54, 1.807) is 12.3 Å². The van der Waals surface area contributed by atoms with Crippen molar-refractivity contribution < 1.29 is 8.78 Å². The van der Waals surface area contributed by atoms with Crippen LogP contribution in [0.3, 0.4) is 0 Å². The molecule has 1 aliphatic carbocycles. The molecule has 2 aromatic heterocycles. The number of hydrazine groups is 2. The number of hydrogen-bond acceptors (Lipinski definition) is 8. The first-order valence-corrected chi connectivity index (χ1v) is 14.2. The Morgan fingerprint density at radius 3 is 2.53 bits per heavy atom. The minimum absolute atomic E-state index is 0.0632. The lowest BCUT2D eigenvalue weighted by Crippen LogP contribution is -2.48. The molecular formula is C32H33F2N9. The topological polar surface area (TPSA) is 117 Å². The van der Waals surface area contributed by atoms with E-state index in [1.807, 2.05) is 48.1 Å². The molecule has 6 rings (SSSR count). The molecule has 4 aromatic rings. The van der Waals surface area contributed by atoms with Crippen molar-refractivity contribution in [1.29, 1.82) is 10.5 Å². The van der Waals surface area contributed by atoms with Crippen LogP contribution in [0.4, 0.5) is 20.2 Å². The predicted molar refractivity (Wildman–Crippen MR) is 163 cm³/mol. The lowest BCUT2D eigenvalue weighted by molar-refractivity contribution is 0.00911. The number of hydrogen-bond donors (Lipinski definition) is 4. The van der Waals surface area contributed by atoms with E-state index in [1.165, 1.54) is 11.2 Å². The molecule has 0 radical (unpaired) electrons. The standard InChI is InChI=1S/C32H33F2N9/c1-31(2,3)18-38-28-20(15-36)16-37-27-19(14-35)12-21(13-24(27)28)39-29(23-6-5-7-26-22(23)8-11-42(26)4)25-17-43(41-40-25)32(9-10-32)30(33)34/h5-8,11-13,16-17,29-30,39-41H,9-10,18H2,1-4H3,(H,37,38)/t29-/m0/s1. The van der Waals surface area contributed by atoms with Crippen LogP contribution in [0.1, 0.15) is 56.3 Å². The summed E-state index contributed by atoms with van der Waals surface area (Å²) in [5.41, 5.74) is 9.83. The van der Waals surface area contributed by atoms with Crippen LogP contribution in [0.5, 0.6) is 0 Å². The molecule has 2 aromatic carbocycles. The fourth-order valence-electron chi connectivity index (χ4n) is 5.58. The van der Waals surface area contributed by atoms with Gasteiger partial charge in [-0.15, -0.1) is 5.53 Å². The van der Waals surface area contributed by atoms with Gasteiger partial charge in [-0.1, -0.05) is 32.9 Å². The van der Waals surface area contributed by atoms with E-state index in [0.717, 1.165) is 16.5 Å². The minimum Gasteiger partial charge on any atom is -0.383 e. The highest BCUT2D eigenvalue weighted by Gasteiger charge is 2.56. The van der Waals surface area contributed by atoms with Gasteiger partial charge in [0, 0.05) is 54.2 Å². The monoisotopic (exact) mass is 581 g/mol. The van der Waals surface area contributed by atoms with Gasteiger partial charge in [0.25, 0.3) is 6.43 Å². The van der Waals surface area contributed by atoms with Crippen LogP contribution in [0, 0.1) is 28.1 Å². The first-order valence-electron chi connectivity index (χ1n) is 14.2. The molecule has 0 unspecified atom stereocenters. The average molecular weight is 582 g/mol. The van der Waals surface area contributed by atoms with Gasteiger partial charge in [0.1, 0.15) is 17.7 Å². The molecule has 1 atom stereocenters. The number of halogens is 2. The Morgan fingerprint density at radius 1 is 1.09 bits per heavy atom. The Hall–Kier alpha value is -4.87. The minimum atomic E-state index is -2.50. The Labute approximate surface area is 248 Å². The van der Waals surface area contributed by atoms with Gasteiger partial charge < -0.3 is 20.6 Å². The molecule has 43 heavy (non-hydrogen) atoms. The number of pyridine rings is 1. The molecule has 11 heteroatoms. The zero-order valence-electron chi connectivity index (χ0n) is 24.5. The number of aromatic nitrogens is 2. The molecule has 2 aliphatic rings. The molecule has 1 saturated carbocycles. The number of anilines is 2. The van der Waals surface area contributed by atoms with E-state index in [-0.39, 0.29) is 5.41 Å². The molecule has 0 saturated heterocycles. The second-order valence-electron chi connectivity index (χ2n) is 12.5. The summed E-state index contributed by atoms with van der Waals surface area (Å²) in [4.78, 5) is 4.46. The molecule has 0 bridgehead atoms. The summed E-state index contributed by atoms with van der Waals surface area (Å²) in [5.74, 6) is 0. The van der Waals surface area contributed by atoms with Crippen molar-refractivity contribution in [3.8, 4) is 12.1 Å². The highest BCUT2D eigenvalue weighted by molar-refractivity contribution is 5.99. The SMILES string of the molecule is Cn1ccc2c([C@H](Nc3cc(C#N)c4ncc(C#N)c(NCC(C)(C)C)c4c3)C3=CN(C4(C(F)F)CC4)NN3)cccc21. The fraction of sp³-hybridized carbons (Fsp3) is 0.344. The van der Waals surface area contributed by atoms with Gasteiger partial charge >= 0.3 is 0 Å². The fourth-order valence-corrected chi connectivity index (χ4v) is 5.58. The second-order valence-corrected chi connectivity index (χ2v) is 12.5. The Morgan fingerprint density at radius 2 is 1.86 bits per heavy atom. The highest BCUT2D eigenvalue weighted by atomic mass is 19.3. The second kappa shape index (κ2) is 10.4. The van der Waals surface area contributed by atoms with E-state index in [4.69, 9.17) is 0 Å². The molecule has 0 amide bonds. The van der Waals surface area contributed by atoms with E-state index in [9.17, 15) is 19.3 Å². The van der Waals surface area contributed by atoms with E-state index >= 15 is 0 Å². The van der Waals surface area contributed by atoms with Crippen molar-refractivity contribution in [3.05, 3.63) is 77.4 Å². The van der Waals surface area contributed by atoms with Crippen molar-refractivity contribution in [1.82, 2.24) is 25.5 Å². The summed E-state index contributed by atoms with van der Waals surface area (Å²) in [5, 5.41) is 30.1. The maximum Gasteiger partial charge on any atom is 0.262 e.